The van der Waals surface area contributed by atoms with Gasteiger partial charge in [-0.15, -0.1) is 0 Å². The molecule has 2 unspecified atom stereocenters. The third-order valence-corrected chi connectivity index (χ3v) is 2.42. The van der Waals surface area contributed by atoms with Crippen molar-refractivity contribution >= 4 is 11.8 Å². The average molecular weight is 228 g/mol. The van der Waals surface area contributed by atoms with E-state index in [9.17, 15) is 9.59 Å². The van der Waals surface area contributed by atoms with E-state index >= 15 is 0 Å². The summed E-state index contributed by atoms with van der Waals surface area (Å²) in [6.45, 7) is 11.1. The van der Waals surface area contributed by atoms with Crippen LogP contribution in [0.3, 0.4) is 0 Å². The smallest absolute Gasteiger partial charge is 0.242 e. The maximum atomic E-state index is 11.6. The summed E-state index contributed by atoms with van der Waals surface area (Å²) in [6, 6.07) is -0.345. The van der Waals surface area contributed by atoms with E-state index in [2.05, 4.69) is 10.6 Å². The summed E-state index contributed by atoms with van der Waals surface area (Å²) in [4.78, 5) is 23.3. The predicted molar refractivity (Wildman–Crippen MR) is 65.0 cm³/mol. The Morgan fingerprint density at radius 3 is 2.00 bits per heavy atom. The van der Waals surface area contributed by atoms with Crippen molar-refractivity contribution in [1.29, 1.82) is 0 Å². The lowest BCUT2D eigenvalue weighted by atomic mass is 9.95. The van der Waals surface area contributed by atoms with E-state index in [-0.39, 0.29) is 17.9 Å². The lowest BCUT2D eigenvalue weighted by Gasteiger charge is -2.22. The van der Waals surface area contributed by atoms with Crippen LogP contribution in [-0.2, 0) is 9.59 Å². The molecule has 0 bridgehead atoms. The zero-order valence-electron chi connectivity index (χ0n) is 11.2. The first kappa shape index (κ1) is 14.9. The molecule has 0 aromatic carbocycles. The molecule has 0 saturated carbocycles. The first-order valence-electron chi connectivity index (χ1n) is 5.79. The maximum Gasteiger partial charge on any atom is 0.242 e. The minimum absolute atomic E-state index is 0.112. The van der Waals surface area contributed by atoms with Crippen molar-refractivity contribution < 1.29 is 9.59 Å². The van der Waals surface area contributed by atoms with Crippen LogP contribution in [0.2, 0.25) is 0 Å². The molecular weight excluding hydrogens is 204 g/mol. The number of carbonyl (C=O) groups excluding carboxylic acids is 2. The van der Waals surface area contributed by atoms with Crippen LogP contribution in [0.1, 0.15) is 48.0 Å². The third-order valence-electron chi connectivity index (χ3n) is 2.42. The highest BCUT2D eigenvalue weighted by Crippen LogP contribution is 2.12. The molecule has 0 aliphatic rings. The summed E-state index contributed by atoms with van der Waals surface area (Å²) in [5.74, 6) is -0.244. The molecule has 0 fully saturated rings. The normalized spacial score (nSPS) is 15.1. The molecule has 94 valence electrons. The summed E-state index contributed by atoms with van der Waals surface area (Å²) in [5, 5.41) is 5.53. The number of hydrogen-bond donors (Lipinski definition) is 2. The molecule has 2 N–H and O–H groups in total. The Morgan fingerprint density at radius 1 is 1.12 bits per heavy atom. The molecule has 0 heterocycles. The largest absolute Gasteiger partial charge is 0.352 e. The highest BCUT2D eigenvalue weighted by atomic mass is 16.2. The zero-order valence-corrected chi connectivity index (χ0v) is 11.2. The van der Waals surface area contributed by atoms with Crippen molar-refractivity contribution in [3.05, 3.63) is 0 Å². The molecule has 0 radical (unpaired) electrons. The monoisotopic (exact) mass is 228 g/mol. The van der Waals surface area contributed by atoms with Gasteiger partial charge in [0.2, 0.25) is 11.8 Å². The van der Waals surface area contributed by atoms with Gasteiger partial charge < -0.3 is 10.6 Å². The molecule has 16 heavy (non-hydrogen) atoms. The van der Waals surface area contributed by atoms with E-state index in [1.807, 2.05) is 34.6 Å². The molecule has 0 aliphatic carbocycles. The van der Waals surface area contributed by atoms with Gasteiger partial charge in [0, 0.05) is 11.5 Å². The molecule has 0 aliphatic heterocycles. The Morgan fingerprint density at radius 2 is 1.62 bits per heavy atom. The van der Waals surface area contributed by atoms with E-state index in [0.717, 1.165) is 6.42 Å². The fourth-order valence-electron chi connectivity index (χ4n) is 0.949. The van der Waals surface area contributed by atoms with Crippen LogP contribution in [0.25, 0.3) is 0 Å². The second-order valence-electron chi connectivity index (χ2n) is 5.26. The number of nitrogens with one attached hydrogen (secondary N) is 2. The second-order valence-corrected chi connectivity index (χ2v) is 5.26. The third kappa shape index (κ3) is 5.14. The van der Waals surface area contributed by atoms with Crippen molar-refractivity contribution in [2.75, 3.05) is 0 Å². The Balaban J connectivity index is 4.21. The van der Waals surface area contributed by atoms with Gasteiger partial charge in [0.1, 0.15) is 6.04 Å². The minimum Gasteiger partial charge on any atom is -0.352 e. The number of hydrogen-bond acceptors (Lipinski definition) is 2. The van der Waals surface area contributed by atoms with Crippen LogP contribution in [0, 0.1) is 5.41 Å². The van der Waals surface area contributed by atoms with Gasteiger partial charge in [0.25, 0.3) is 0 Å². The van der Waals surface area contributed by atoms with Crippen LogP contribution < -0.4 is 10.6 Å². The van der Waals surface area contributed by atoms with Crippen LogP contribution >= 0.6 is 0 Å². The standard InChI is InChI=1S/C12H24N2O2/c1-7-8(2)13-10(15)9(3)14-11(16)12(4,5)6/h8-9H,7H2,1-6H3,(H,13,15)(H,14,16). The summed E-state index contributed by atoms with van der Waals surface area (Å²) in [6.07, 6.45) is 0.881. The lowest BCUT2D eigenvalue weighted by molar-refractivity contribution is -0.133. The minimum atomic E-state index is -0.485. The summed E-state index contributed by atoms with van der Waals surface area (Å²) < 4.78 is 0. The van der Waals surface area contributed by atoms with Crippen molar-refractivity contribution in [3.63, 3.8) is 0 Å². The van der Waals surface area contributed by atoms with Crippen molar-refractivity contribution in [2.24, 2.45) is 5.41 Å². The highest BCUT2D eigenvalue weighted by molar-refractivity contribution is 5.89. The van der Waals surface area contributed by atoms with Gasteiger partial charge in [-0.1, -0.05) is 27.7 Å². The van der Waals surface area contributed by atoms with Gasteiger partial charge in [0.15, 0.2) is 0 Å². The summed E-state index contributed by atoms with van der Waals surface area (Å²) >= 11 is 0. The first-order chi connectivity index (χ1) is 7.18. The Kier molecular flexibility index (Phi) is 5.48. The van der Waals surface area contributed by atoms with E-state index < -0.39 is 11.5 Å². The van der Waals surface area contributed by atoms with Crippen LogP contribution in [0.4, 0.5) is 0 Å². The fraction of sp³-hybridized carbons (Fsp3) is 0.833. The van der Waals surface area contributed by atoms with Crippen molar-refractivity contribution in [1.82, 2.24) is 10.6 Å². The van der Waals surface area contributed by atoms with E-state index in [4.69, 9.17) is 0 Å². The molecule has 0 rings (SSSR count). The number of carbonyl (C=O) groups is 2. The van der Waals surface area contributed by atoms with Gasteiger partial charge in [0.05, 0.1) is 0 Å². The lowest BCUT2D eigenvalue weighted by Crippen LogP contribution is -2.49. The highest BCUT2D eigenvalue weighted by Gasteiger charge is 2.25. The molecule has 0 spiro atoms. The average Bonchev–Trinajstić information content (AvgIpc) is 2.15. The van der Waals surface area contributed by atoms with Crippen LogP contribution in [0.5, 0.6) is 0 Å². The maximum absolute atomic E-state index is 11.6. The van der Waals surface area contributed by atoms with Gasteiger partial charge >= 0.3 is 0 Å². The molecule has 0 saturated heterocycles. The van der Waals surface area contributed by atoms with Crippen LogP contribution in [0.15, 0.2) is 0 Å². The molecule has 2 atom stereocenters. The zero-order chi connectivity index (χ0) is 12.9. The van der Waals surface area contributed by atoms with Gasteiger partial charge in [-0.2, -0.15) is 0 Å². The molecular formula is C12H24N2O2. The molecule has 0 aromatic rings. The Hall–Kier alpha value is -1.06. The van der Waals surface area contributed by atoms with Gasteiger partial charge in [-0.3, -0.25) is 9.59 Å². The van der Waals surface area contributed by atoms with E-state index in [1.165, 1.54) is 0 Å². The fourth-order valence-corrected chi connectivity index (χ4v) is 0.949. The molecule has 4 nitrogen and oxygen atoms in total. The van der Waals surface area contributed by atoms with Crippen molar-refractivity contribution in [3.8, 4) is 0 Å². The van der Waals surface area contributed by atoms with E-state index in [0.29, 0.717) is 0 Å². The SMILES string of the molecule is CCC(C)NC(=O)C(C)NC(=O)C(C)(C)C. The number of amides is 2. The van der Waals surface area contributed by atoms with E-state index in [1.54, 1.807) is 6.92 Å². The topological polar surface area (TPSA) is 58.2 Å². The van der Waals surface area contributed by atoms with Gasteiger partial charge in [-0.05, 0) is 20.3 Å². The predicted octanol–water partition coefficient (Wildman–Crippen LogP) is 1.45. The summed E-state index contributed by atoms with van der Waals surface area (Å²) in [5.41, 5.74) is -0.467. The second kappa shape index (κ2) is 5.87. The van der Waals surface area contributed by atoms with Crippen molar-refractivity contribution in [2.45, 2.75) is 60.0 Å². The summed E-state index contributed by atoms with van der Waals surface area (Å²) in [7, 11) is 0. The number of rotatable bonds is 4. The van der Waals surface area contributed by atoms with Crippen LogP contribution in [-0.4, -0.2) is 23.9 Å². The quantitative estimate of drug-likeness (QED) is 0.765. The molecule has 4 heteroatoms. The van der Waals surface area contributed by atoms with Gasteiger partial charge in [-0.25, -0.2) is 0 Å². The Labute approximate surface area is 98.2 Å². The molecule has 0 aromatic heterocycles. The molecule has 2 amide bonds. The Bertz CT molecular complexity index is 256. The first-order valence-corrected chi connectivity index (χ1v) is 5.79.